The summed E-state index contributed by atoms with van der Waals surface area (Å²) in [5, 5.41) is 2.83. The SMILES string of the molecule is CC1C(=O)NCCCN1C(=O)Cc1cccc(OCc2cccnc2)c1. The lowest BCUT2D eigenvalue weighted by Crippen LogP contribution is -2.45. The highest BCUT2D eigenvalue weighted by Gasteiger charge is 2.27. The predicted octanol–water partition coefficient (Wildman–Crippen LogP) is 1.94. The fraction of sp³-hybridized carbons (Fsp3) is 0.350. The van der Waals surface area contributed by atoms with E-state index in [2.05, 4.69) is 10.3 Å². The Bertz CT molecular complexity index is 764. The van der Waals surface area contributed by atoms with Crippen LogP contribution < -0.4 is 10.1 Å². The molecule has 0 saturated carbocycles. The number of carbonyl (C=O) groups excluding carboxylic acids is 2. The molecule has 1 aliphatic rings. The third-order valence-electron chi connectivity index (χ3n) is 4.42. The Morgan fingerprint density at radius 1 is 1.31 bits per heavy atom. The van der Waals surface area contributed by atoms with Crippen molar-refractivity contribution in [2.75, 3.05) is 13.1 Å². The van der Waals surface area contributed by atoms with Crippen molar-refractivity contribution in [2.45, 2.75) is 32.4 Å². The molecule has 1 aromatic carbocycles. The van der Waals surface area contributed by atoms with E-state index in [0.29, 0.717) is 25.4 Å². The van der Waals surface area contributed by atoms with Crippen LogP contribution in [-0.4, -0.2) is 40.8 Å². The van der Waals surface area contributed by atoms with Crippen LogP contribution in [0.4, 0.5) is 0 Å². The Kier molecular flexibility index (Phi) is 5.84. The van der Waals surface area contributed by atoms with Crippen LogP contribution >= 0.6 is 0 Å². The van der Waals surface area contributed by atoms with Crippen LogP contribution in [0.1, 0.15) is 24.5 Å². The Morgan fingerprint density at radius 3 is 2.96 bits per heavy atom. The van der Waals surface area contributed by atoms with Gasteiger partial charge in [-0.2, -0.15) is 0 Å². The average molecular weight is 353 g/mol. The Labute approximate surface area is 153 Å². The number of carbonyl (C=O) groups is 2. The van der Waals surface area contributed by atoms with Crippen molar-refractivity contribution < 1.29 is 14.3 Å². The van der Waals surface area contributed by atoms with Crippen LogP contribution in [-0.2, 0) is 22.6 Å². The number of ether oxygens (including phenoxy) is 1. The molecule has 6 heteroatoms. The van der Waals surface area contributed by atoms with E-state index in [0.717, 1.165) is 17.5 Å². The Balaban J connectivity index is 1.62. The van der Waals surface area contributed by atoms with Gasteiger partial charge in [-0.3, -0.25) is 14.6 Å². The number of nitrogens with one attached hydrogen (secondary N) is 1. The normalized spacial score (nSPS) is 17.3. The minimum absolute atomic E-state index is 0.0426. The van der Waals surface area contributed by atoms with Crippen molar-refractivity contribution in [3.63, 3.8) is 0 Å². The first-order valence-electron chi connectivity index (χ1n) is 8.81. The van der Waals surface area contributed by atoms with Crippen LogP contribution in [0.2, 0.25) is 0 Å². The molecule has 1 atom stereocenters. The van der Waals surface area contributed by atoms with Crippen molar-refractivity contribution in [1.82, 2.24) is 15.2 Å². The number of benzene rings is 1. The predicted molar refractivity (Wildman–Crippen MR) is 97.5 cm³/mol. The van der Waals surface area contributed by atoms with Crippen molar-refractivity contribution in [3.05, 3.63) is 59.9 Å². The molecule has 2 heterocycles. The molecule has 1 fully saturated rings. The van der Waals surface area contributed by atoms with Gasteiger partial charge in [0.25, 0.3) is 0 Å². The van der Waals surface area contributed by atoms with Gasteiger partial charge < -0.3 is 15.0 Å². The smallest absolute Gasteiger partial charge is 0.242 e. The van der Waals surface area contributed by atoms with Gasteiger partial charge in [-0.1, -0.05) is 18.2 Å². The molecule has 1 aromatic heterocycles. The van der Waals surface area contributed by atoms with E-state index < -0.39 is 6.04 Å². The minimum Gasteiger partial charge on any atom is -0.489 e. The second-order valence-corrected chi connectivity index (χ2v) is 6.38. The van der Waals surface area contributed by atoms with Gasteiger partial charge in [-0.05, 0) is 37.1 Å². The lowest BCUT2D eigenvalue weighted by Gasteiger charge is -2.25. The largest absolute Gasteiger partial charge is 0.489 e. The van der Waals surface area contributed by atoms with E-state index in [1.165, 1.54) is 0 Å². The molecule has 0 bridgehead atoms. The van der Waals surface area contributed by atoms with E-state index >= 15 is 0 Å². The second-order valence-electron chi connectivity index (χ2n) is 6.38. The number of hydrogen-bond acceptors (Lipinski definition) is 4. The molecule has 0 radical (unpaired) electrons. The summed E-state index contributed by atoms with van der Waals surface area (Å²) in [6.45, 7) is 3.40. The summed E-state index contributed by atoms with van der Waals surface area (Å²) in [6, 6.07) is 10.9. The average Bonchev–Trinajstić information content (AvgIpc) is 2.83. The Hall–Kier alpha value is -2.89. The molecule has 0 aliphatic carbocycles. The lowest BCUT2D eigenvalue weighted by molar-refractivity contribution is -0.138. The maximum Gasteiger partial charge on any atom is 0.242 e. The lowest BCUT2D eigenvalue weighted by atomic mass is 10.1. The van der Waals surface area contributed by atoms with E-state index in [4.69, 9.17) is 4.74 Å². The fourth-order valence-corrected chi connectivity index (χ4v) is 2.96. The fourth-order valence-electron chi connectivity index (χ4n) is 2.96. The Morgan fingerprint density at radius 2 is 2.15 bits per heavy atom. The van der Waals surface area contributed by atoms with E-state index in [-0.39, 0.29) is 18.2 Å². The summed E-state index contributed by atoms with van der Waals surface area (Å²) in [7, 11) is 0. The summed E-state index contributed by atoms with van der Waals surface area (Å²) >= 11 is 0. The number of rotatable bonds is 5. The van der Waals surface area contributed by atoms with Gasteiger partial charge in [-0.15, -0.1) is 0 Å². The van der Waals surface area contributed by atoms with Crippen LogP contribution in [0.3, 0.4) is 0 Å². The summed E-state index contributed by atoms with van der Waals surface area (Å²) in [6.07, 6.45) is 4.51. The molecule has 2 amide bonds. The van der Waals surface area contributed by atoms with E-state index in [1.54, 1.807) is 24.2 Å². The van der Waals surface area contributed by atoms with Crippen molar-refractivity contribution in [2.24, 2.45) is 0 Å². The zero-order chi connectivity index (χ0) is 18.4. The maximum absolute atomic E-state index is 12.7. The molecule has 26 heavy (non-hydrogen) atoms. The van der Waals surface area contributed by atoms with E-state index in [9.17, 15) is 9.59 Å². The number of nitrogens with zero attached hydrogens (tertiary/aromatic N) is 2. The first-order chi connectivity index (χ1) is 12.6. The standard InChI is InChI=1S/C20H23N3O3/c1-15-20(25)22-9-4-10-23(15)19(24)12-16-5-2-7-18(11-16)26-14-17-6-3-8-21-13-17/h2-3,5-8,11,13,15H,4,9-10,12,14H2,1H3,(H,22,25). The molecular weight excluding hydrogens is 330 g/mol. The number of aromatic nitrogens is 1. The van der Waals surface area contributed by atoms with Gasteiger partial charge in [0.2, 0.25) is 11.8 Å². The molecule has 1 aliphatic heterocycles. The number of pyridine rings is 1. The second kappa shape index (κ2) is 8.47. The summed E-state index contributed by atoms with van der Waals surface area (Å²) < 4.78 is 5.79. The molecule has 136 valence electrons. The summed E-state index contributed by atoms with van der Waals surface area (Å²) in [5.74, 6) is 0.573. The first kappa shape index (κ1) is 17.9. The van der Waals surface area contributed by atoms with E-state index in [1.807, 2.05) is 36.4 Å². The van der Waals surface area contributed by atoms with Crippen molar-refractivity contribution >= 4 is 11.8 Å². The van der Waals surface area contributed by atoms with Crippen molar-refractivity contribution in [3.8, 4) is 5.75 Å². The van der Waals surface area contributed by atoms with Crippen LogP contribution in [0.25, 0.3) is 0 Å². The maximum atomic E-state index is 12.7. The molecule has 1 N–H and O–H groups in total. The quantitative estimate of drug-likeness (QED) is 0.892. The highest BCUT2D eigenvalue weighted by atomic mass is 16.5. The molecular formula is C20H23N3O3. The molecule has 2 aromatic rings. The van der Waals surface area contributed by atoms with Gasteiger partial charge in [0.15, 0.2) is 0 Å². The monoisotopic (exact) mass is 353 g/mol. The molecule has 0 spiro atoms. The highest BCUT2D eigenvalue weighted by molar-refractivity contribution is 5.88. The molecule has 3 rings (SSSR count). The van der Waals surface area contributed by atoms with Gasteiger partial charge in [-0.25, -0.2) is 0 Å². The number of hydrogen-bond donors (Lipinski definition) is 1. The zero-order valence-corrected chi connectivity index (χ0v) is 14.9. The topological polar surface area (TPSA) is 71.5 Å². The summed E-state index contributed by atoms with van der Waals surface area (Å²) in [5.41, 5.74) is 1.86. The zero-order valence-electron chi connectivity index (χ0n) is 14.9. The van der Waals surface area contributed by atoms with Gasteiger partial charge >= 0.3 is 0 Å². The van der Waals surface area contributed by atoms with Crippen LogP contribution in [0.15, 0.2) is 48.8 Å². The molecule has 6 nitrogen and oxygen atoms in total. The van der Waals surface area contributed by atoms with Gasteiger partial charge in [0.1, 0.15) is 18.4 Å². The third-order valence-corrected chi connectivity index (χ3v) is 4.42. The molecule has 1 saturated heterocycles. The highest BCUT2D eigenvalue weighted by Crippen LogP contribution is 2.17. The van der Waals surface area contributed by atoms with Crippen LogP contribution in [0.5, 0.6) is 5.75 Å². The van der Waals surface area contributed by atoms with Gasteiger partial charge in [0, 0.05) is 31.0 Å². The first-order valence-corrected chi connectivity index (χ1v) is 8.81. The van der Waals surface area contributed by atoms with Crippen LogP contribution in [0, 0.1) is 0 Å². The third kappa shape index (κ3) is 4.59. The number of amides is 2. The minimum atomic E-state index is -0.435. The van der Waals surface area contributed by atoms with Crippen molar-refractivity contribution in [1.29, 1.82) is 0 Å². The molecule has 1 unspecified atom stereocenters. The van der Waals surface area contributed by atoms with Gasteiger partial charge in [0.05, 0.1) is 6.42 Å². The summed E-state index contributed by atoms with van der Waals surface area (Å²) in [4.78, 5) is 30.3.